The standard InChI is InChI=1S/C23H24N2O4/c1-14-7-12-17-19(13-14)23(28)25(22(17)27)16-10-8-15(9-11-16)24-21(26)18-5-3-4-6-20(18)29-2/h3-6,8-11,14,17,19H,7,12-13H2,1-2H3,(H,24,26)/t14-,17-,19+/m1/s1. The number of benzene rings is 2. The lowest BCUT2D eigenvalue weighted by atomic mass is 9.76. The van der Waals surface area contributed by atoms with Crippen LogP contribution in [0.2, 0.25) is 0 Å². The molecule has 1 N–H and O–H groups in total. The van der Waals surface area contributed by atoms with Gasteiger partial charge in [-0.25, -0.2) is 0 Å². The van der Waals surface area contributed by atoms with Crippen LogP contribution in [0.1, 0.15) is 36.5 Å². The summed E-state index contributed by atoms with van der Waals surface area (Å²) in [6.07, 6.45) is 2.54. The van der Waals surface area contributed by atoms with Crippen LogP contribution in [0.5, 0.6) is 5.75 Å². The molecule has 2 aromatic rings. The molecule has 2 fully saturated rings. The maximum absolute atomic E-state index is 12.8. The summed E-state index contributed by atoms with van der Waals surface area (Å²) >= 11 is 0. The molecule has 1 saturated heterocycles. The number of rotatable bonds is 4. The molecule has 150 valence electrons. The molecule has 3 amide bonds. The minimum absolute atomic E-state index is 0.0993. The van der Waals surface area contributed by atoms with Crippen LogP contribution in [0.15, 0.2) is 48.5 Å². The first kappa shape index (κ1) is 19.2. The Bertz CT molecular complexity index is 954. The number of amides is 3. The third-order valence-electron chi connectivity index (χ3n) is 5.92. The Labute approximate surface area is 169 Å². The summed E-state index contributed by atoms with van der Waals surface area (Å²) in [4.78, 5) is 39.5. The minimum Gasteiger partial charge on any atom is -0.496 e. The van der Waals surface area contributed by atoms with Gasteiger partial charge in [-0.1, -0.05) is 19.1 Å². The van der Waals surface area contributed by atoms with E-state index in [1.807, 2.05) is 0 Å². The number of imide groups is 1. The van der Waals surface area contributed by atoms with Crippen LogP contribution in [0.25, 0.3) is 0 Å². The molecule has 29 heavy (non-hydrogen) atoms. The van der Waals surface area contributed by atoms with E-state index in [1.54, 1.807) is 48.5 Å². The van der Waals surface area contributed by atoms with Crippen molar-refractivity contribution in [2.24, 2.45) is 17.8 Å². The zero-order chi connectivity index (χ0) is 20.5. The van der Waals surface area contributed by atoms with Crippen LogP contribution >= 0.6 is 0 Å². The molecular formula is C23H24N2O4. The van der Waals surface area contributed by atoms with Crippen LogP contribution in [0.4, 0.5) is 11.4 Å². The molecule has 6 heteroatoms. The largest absolute Gasteiger partial charge is 0.496 e. The van der Waals surface area contributed by atoms with E-state index in [9.17, 15) is 14.4 Å². The fourth-order valence-electron chi connectivity index (χ4n) is 4.37. The van der Waals surface area contributed by atoms with Gasteiger partial charge in [0.2, 0.25) is 11.8 Å². The molecule has 0 radical (unpaired) electrons. The van der Waals surface area contributed by atoms with Gasteiger partial charge in [-0.05, 0) is 61.6 Å². The molecule has 0 spiro atoms. The van der Waals surface area contributed by atoms with Crippen molar-refractivity contribution in [2.75, 3.05) is 17.3 Å². The maximum atomic E-state index is 12.8. The summed E-state index contributed by atoms with van der Waals surface area (Å²) in [6, 6.07) is 13.8. The number of hydrogen-bond donors (Lipinski definition) is 1. The van der Waals surface area contributed by atoms with Crippen LogP contribution in [0, 0.1) is 17.8 Å². The number of para-hydroxylation sites is 1. The van der Waals surface area contributed by atoms with E-state index in [1.165, 1.54) is 12.0 Å². The van der Waals surface area contributed by atoms with Crippen LogP contribution in [-0.2, 0) is 9.59 Å². The first-order valence-electron chi connectivity index (χ1n) is 9.92. The predicted molar refractivity (Wildman–Crippen MR) is 110 cm³/mol. The van der Waals surface area contributed by atoms with Crippen molar-refractivity contribution < 1.29 is 19.1 Å². The zero-order valence-corrected chi connectivity index (χ0v) is 16.6. The van der Waals surface area contributed by atoms with E-state index in [0.29, 0.717) is 28.6 Å². The average molecular weight is 392 g/mol. The van der Waals surface area contributed by atoms with Gasteiger partial charge in [0.1, 0.15) is 5.75 Å². The first-order valence-corrected chi connectivity index (χ1v) is 9.92. The molecule has 3 atom stereocenters. The average Bonchev–Trinajstić information content (AvgIpc) is 2.98. The fourth-order valence-corrected chi connectivity index (χ4v) is 4.37. The molecule has 1 saturated carbocycles. The van der Waals surface area contributed by atoms with E-state index in [4.69, 9.17) is 4.74 Å². The first-order chi connectivity index (χ1) is 14.0. The fraction of sp³-hybridized carbons (Fsp3) is 0.348. The monoisotopic (exact) mass is 392 g/mol. The van der Waals surface area contributed by atoms with Crippen molar-refractivity contribution in [1.82, 2.24) is 0 Å². The summed E-state index contributed by atoms with van der Waals surface area (Å²) in [5.41, 5.74) is 1.56. The van der Waals surface area contributed by atoms with Crippen LogP contribution < -0.4 is 15.0 Å². The lowest BCUT2D eigenvalue weighted by Gasteiger charge is -2.25. The number of nitrogens with zero attached hydrogens (tertiary/aromatic N) is 1. The molecule has 6 nitrogen and oxygen atoms in total. The highest BCUT2D eigenvalue weighted by atomic mass is 16.5. The van der Waals surface area contributed by atoms with Crippen molar-refractivity contribution >= 4 is 29.1 Å². The Balaban J connectivity index is 1.50. The normalized spacial score (nSPS) is 23.7. The minimum atomic E-state index is -0.288. The molecule has 2 aliphatic rings. The second kappa shape index (κ2) is 7.70. The third-order valence-corrected chi connectivity index (χ3v) is 5.92. The number of carbonyl (C=O) groups is 3. The highest BCUT2D eigenvalue weighted by Crippen LogP contribution is 2.42. The van der Waals surface area contributed by atoms with Gasteiger partial charge < -0.3 is 10.1 Å². The van der Waals surface area contributed by atoms with Gasteiger partial charge in [0, 0.05) is 5.69 Å². The van der Waals surface area contributed by atoms with Crippen molar-refractivity contribution in [2.45, 2.75) is 26.2 Å². The number of anilines is 2. The molecule has 0 unspecified atom stereocenters. The number of ether oxygens (including phenoxy) is 1. The van der Waals surface area contributed by atoms with Gasteiger partial charge >= 0.3 is 0 Å². The van der Waals surface area contributed by atoms with Crippen molar-refractivity contribution in [3.63, 3.8) is 0 Å². The number of hydrogen-bond acceptors (Lipinski definition) is 4. The van der Waals surface area contributed by atoms with Gasteiger partial charge in [-0.15, -0.1) is 0 Å². The number of fused-ring (bicyclic) bond motifs is 1. The third kappa shape index (κ3) is 3.50. The molecule has 4 rings (SSSR count). The van der Waals surface area contributed by atoms with Crippen molar-refractivity contribution in [3.05, 3.63) is 54.1 Å². The summed E-state index contributed by atoms with van der Waals surface area (Å²) in [5, 5.41) is 2.82. The second-order valence-corrected chi connectivity index (χ2v) is 7.84. The molecule has 1 aliphatic heterocycles. The van der Waals surface area contributed by atoms with E-state index in [2.05, 4.69) is 12.2 Å². The highest BCUT2D eigenvalue weighted by Gasteiger charge is 2.49. The molecule has 0 aromatic heterocycles. The van der Waals surface area contributed by atoms with Crippen molar-refractivity contribution in [3.8, 4) is 5.75 Å². The van der Waals surface area contributed by atoms with E-state index in [-0.39, 0.29) is 29.6 Å². The topological polar surface area (TPSA) is 75.7 Å². The predicted octanol–water partition coefficient (Wildman–Crippen LogP) is 3.87. The summed E-state index contributed by atoms with van der Waals surface area (Å²) in [5.74, 6) is 0.0885. The second-order valence-electron chi connectivity index (χ2n) is 7.84. The van der Waals surface area contributed by atoms with E-state index < -0.39 is 0 Å². The lowest BCUT2D eigenvalue weighted by molar-refractivity contribution is -0.122. The molecule has 0 bridgehead atoms. The molecule has 1 aliphatic carbocycles. The molecule has 1 heterocycles. The smallest absolute Gasteiger partial charge is 0.259 e. The highest BCUT2D eigenvalue weighted by molar-refractivity contribution is 6.22. The zero-order valence-electron chi connectivity index (χ0n) is 16.6. The Hall–Kier alpha value is -3.15. The van der Waals surface area contributed by atoms with Gasteiger partial charge in [-0.2, -0.15) is 0 Å². The Morgan fingerprint density at radius 3 is 2.41 bits per heavy atom. The lowest BCUT2D eigenvalue weighted by Crippen LogP contribution is -2.30. The van der Waals surface area contributed by atoms with Gasteiger partial charge in [0.25, 0.3) is 5.91 Å². The SMILES string of the molecule is COc1ccccc1C(=O)Nc1ccc(N2C(=O)[C@H]3C[C@H](C)CC[C@H]3C2=O)cc1. The molecule has 2 aromatic carbocycles. The van der Waals surface area contributed by atoms with Crippen LogP contribution in [0.3, 0.4) is 0 Å². The Morgan fingerprint density at radius 2 is 1.69 bits per heavy atom. The Kier molecular flexibility index (Phi) is 5.09. The number of nitrogens with one attached hydrogen (secondary N) is 1. The summed E-state index contributed by atoms with van der Waals surface area (Å²) in [6.45, 7) is 2.13. The summed E-state index contributed by atoms with van der Waals surface area (Å²) in [7, 11) is 1.52. The summed E-state index contributed by atoms with van der Waals surface area (Å²) < 4.78 is 5.23. The number of carbonyl (C=O) groups excluding carboxylic acids is 3. The van der Waals surface area contributed by atoms with Gasteiger partial charge in [0.15, 0.2) is 0 Å². The van der Waals surface area contributed by atoms with Crippen molar-refractivity contribution in [1.29, 1.82) is 0 Å². The quantitative estimate of drug-likeness (QED) is 0.802. The van der Waals surface area contributed by atoms with E-state index >= 15 is 0 Å². The Morgan fingerprint density at radius 1 is 1.00 bits per heavy atom. The van der Waals surface area contributed by atoms with E-state index in [0.717, 1.165) is 19.3 Å². The molecular weight excluding hydrogens is 368 g/mol. The number of methoxy groups -OCH3 is 1. The maximum Gasteiger partial charge on any atom is 0.259 e. The van der Waals surface area contributed by atoms with Crippen LogP contribution in [-0.4, -0.2) is 24.8 Å². The van der Waals surface area contributed by atoms with Gasteiger partial charge in [0.05, 0.1) is 30.2 Å². The van der Waals surface area contributed by atoms with Gasteiger partial charge in [-0.3, -0.25) is 19.3 Å².